The number of ether oxygens (including phenoxy) is 1. The fourth-order valence-electron chi connectivity index (χ4n) is 1.32. The first-order valence-electron chi connectivity index (χ1n) is 5.09. The molecule has 96 valence electrons. The Hall–Kier alpha value is -2.26. The molecule has 0 saturated heterocycles. The molecule has 0 aliphatic heterocycles. The quantitative estimate of drug-likeness (QED) is 0.812. The Bertz CT molecular complexity index is 658. The van der Waals surface area contributed by atoms with Gasteiger partial charge in [0.15, 0.2) is 0 Å². The molecule has 0 aliphatic rings. The summed E-state index contributed by atoms with van der Waals surface area (Å²) in [6, 6.07) is 4.67. The molecule has 0 atom stereocenters. The van der Waals surface area contributed by atoms with Gasteiger partial charge in [-0.3, -0.25) is 0 Å². The zero-order chi connectivity index (χ0) is 13.8. The van der Waals surface area contributed by atoms with Crippen LogP contribution in [0.25, 0.3) is 0 Å². The number of halogens is 3. The van der Waals surface area contributed by atoms with Gasteiger partial charge >= 0.3 is 6.01 Å². The second-order valence-corrected chi connectivity index (χ2v) is 3.87. The Labute approximate surface area is 112 Å². The van der Waals surface area contributed by atoms with Crippen molar-refractivity contribution >= 4 is 11.6 Å². The van der Waals surface area contributed by atoms with Crippen LogP contribution in [0.1, 0.15) is 11.1 Å². The highest BCUT2D eigenvalue weighted by Gasteiger charge is 2.11. The second kappa shape index (κ2) is 5.59. The summed E-state index contributed by atoms with van der Waals surface area (Å²) in [7, 11) is 0. The molecule has 7 heteroatoms. The van der Waals surface area contributed by atoms with Crippen LogP contribution >= 0.6 is 11.6 Å². The fourth-order valence-corrected chi connectivity index (χ4v) is 1.44. The van der Waals surface area contributed by atoms with E-state index in [0.29, 0.717) is 0 Å². The standard InChI is InChI=1S/C12H6ClF2N3O/c13-11-1-2-17-12(18-11)19-6-8-4-9(14)7(5-16)3-10(8)15/h1-4H,6H2. The SMILES string of the molecule is N#Cc1cc(F)c(COc2nccc(Cl)n2)cc1F. The average Bonchev–Trinajstić information content (AvgIpc) is 2.39. The Kier molecular flexibility index (Phi) is 3.88. The van der Waals surface area contributed by atoms with Gasteiger partial charge < -0.3 is 4.74 Å². The average molecular weight is 282 g/mol. The first kappa shape index (κ1) is 13.2. The number of nitriles is 1. The Morgan fingerprint density at radius 2 is 2.11 bits per heavy atom. The van der Waals surface area contributed by atoms with Crippen LogP contribution in [-0.2, 0) is 6.61 Å². The number of aromatic nitrogens is 2. The predicted octanol–water partition coefficient (Wildman–Crippen LogP) is 2.86. The minimum Gasteiger partial charge on any atom is -0.458 e. The summed E-state index contributed by atoms with van der Waals surface area (Å²) < 4.78 is 31.9. The molecule has 0 saturated carbocycles. The van der Waals surface area contributed by atoms with Crippen LogP contribution < -0.4 is 4.74 Å². The van der Waals surface area contributed by atoms with Gasteiger partial charge in [0.25, 0.3) is 0 Å². The van der Waals surface area contributed by atoms with Crippen molar-refractivity contribution in [3.8, 4) is 12.1 Å². The highest BCUT2D eigenvalue weighted by Crippen LogP contribution is 2.16. The van der Waals surface area contributed by atoms with Crippen molar-refractivity contribution in [1.82, 2.24) is 9.97 Å². The molecule has 1 aromatic heterocycles. The van der Waals surface area contributed by atoms with Gasteiger partial charge in [-0.05, 0) is 18.2 Å². The zero-order valence-corrected chi connectivity index (χ0v) is 10.2. The highest BCUT2D eigenvalue weighted by molar-refractivity contribution is 6.29. The van der Waals surface area contributed by atoms with E-state index in [1.807, 2.05) is 0 Å². The van der Waals surface area contributed by atoms with Gasteiger partial charge in [-0.25, -0.2) is 13.8 Å². The third kappa shape index (κ3) is 3.14. The lowest BCUT2D eigenvalue weighted by Crippen LogP contribution is -2.03. The van der Waals surface area contributed by atoms with Crippen molar-refractivity contribution in [2.24, 2.45) is 0 Å². The predicted molar refractivity (Wildman–Crippen MR) is 62.4 cm³/mol. The number of benzene rings is 1. The summed E-state index contributed by atoms with van der Waals surface area (Å²) in [4.78, 5) is 7.49. The van der Waals surface area contributed by atoms with Crippen molar-refractivity contribution in [3.63, 3.8) is 0 Å². The molecule has 1 heterocycles. The van der Waals surface area contributed by atoms with Crippen LogP contribution in [0.15, 0.2) is 24.4 Å². The summed E-state index contributed by atoms with van der Waals surface area (Å²) in [5.41, 5.74) is -0.402. The monoisotopic (exact) mass is 281 g/mol. The normalized spacial score (nSPS) is 10.0. The number of hydrogen-bond acceptors (Lipinski definition) is 4. The van der Waals surface area contributed by atoms with Crippen LogP contribution in [0.4, 0.5) is 8.78 Å². The van der Waals surface area contributed by atoms with Crippen LogP contribution in [0.5, 0.6) is 6.01 Å². The molecule has 19 heavy (non-hydrogen) atoms. The van der Waals surface area contributed by atoms with Crippen LogP contribution in [-0.4, -0.2) is 9.97 Å². The Morgan fingerprint density at radius 1 is 1.32 bits per heavy atom. The van der Waals surface area contributed by atoms with Crippen molar-refractivity contribution < 1.29 is 13.5 Å². The van der Waals surface area contributed by atoms with E-state index in [1.54, 1.807) is 6.07 Å². The van der Waals surface area contributed by atoms with E-state index in [0.717, 1.165) is 12.1 Å². The number of nitrogens with zero attached hydrogens (tertiary/aromatic N) is 3. The first-order valence-corrected chi connectivity index (χ1v) is 5.47. The summed E-state index contributed by atoms with van der Waals surface area (Å²) in [5.74, 6) is -1.55. The van der Waals surface area contributed by atoms with E-state index >= 15 is 0 Å². The van der Waals surface area contributed by atoms with E-state index in [9.17, 15) is 8.78 Å². The molecule has 0 spiro atoms. The van der Waals surface area contributed by atoms with Gasteiger partial charge in [-0.2, -0.15) is 10.2 Å². The van der Waals surface area contributed by atoms with E-state index in [-0.39, 0.29) is 28.9 Å². The number of hydrogen-bond donors (Lipinski definition) is 0. The fraction of sp³-hybridized carbons (Fsp3) is 0.0833. The van der Waals surface area contributed by atoms with E-state index in [1.165, 1.54) is 12.3 Å². The maximum absolute atomic E-state index is 13.5. The van der Waals surface area contributed by atoms with Gasteiger partial charge in [-0.1, -0.05) is 11.6 Å². The van der Waals surface area contributed by atoms with Gasteiger partial charge in [-0.15, -0.1) is 0 Å². The van der Waals surface area contributed by atoms with Gasteiger partial charge in [0, 0.05) is 11.8 Å². The molecule has 0 aliphatic carbocycles. The molecule has 0 amide bonds. The van der Waals surface area contributed by atoms with Gasteiger partial charge in [0.05, 0.1) is 5.56 Å². The molecule has 4 nitrogen and oxygen atoms in total. The smallest absolute Gasteiger partial charge is 0.318 e. The van der Waals surface area contributed by atoms with E-state index < -0.39 is 11.6 Å². The molecule has 0 fully saturated rings. The maximum atomic E-state index is 13.5. The molecular weight excluding hydrogens is 276 g/mol. The molecule has 2 rings (SSSR count). The van der Waals surface area contributed by atoms with Crippen molar-refractivity contribution in [2.45, 2.75) is 6.61 Å². The molecular formula is C12H6ClF2N3O. The lowest BCUT2D eigenvalue weighted by molar-refractivity contribution is 0.274. The lowest BCUT2D eigenvalue weighted by Gasteiger charge is -2.06. The second-order valence-electron chi connectivity index (χ2n) is 3.49. The van der Waals surface area contributed by atoms with Crippen molar-refractivity contribution in [3.05, 3.63) is 52.3 Å². The minimum absolute atomic E-state index is 0.0416. The van der Waals surface area contributed by atoms with Crippen LogP contribution in [0.3, 0.4) is 0 Å². The molecule has 0 N–H and O–H groups in total. The highest BCUT2D eigenvalue weighted by atomic mass is 35.5. The molecule has 2 aromatic rings. The maximum Gasteiger partial charge on any atom is 0.318 e. The minimum atomic E-state index is -0.811. The Morgan fingerprint density at radius 3 is 2.79 bits per heavy atom. The first-order chi connectivity index (χ1) is 9.10. The lowest BCUT2D eigenvalue weighted by atomic mass is 10.1. The van der Waals surface area contributed by atoms with E-state index in [2.05, 4.69) is 9.97 Å². The number of rotatable bonds is 3. The van der Waals surface area contributed by atoms with Crippen molar-refractivity contribution in [2.75, 3.05) is 0 Å². The van der Waals surface area contributed by atoms with Crippen LogP contribution in [0, 0.1) is 23.0 Å². The summed E-state index contributed by atoms with van der Waals surface area (Å²) in [6.45, 7) is -0.269. The Balaban J connectivity index is 2.16. The third-order valence-corrected chi connectivity index (χ3v) is 2.42. The molecule has 1 aromatic carbocycles. The molecule has 0 radical (unpaired) electrons. The summed E-state index contributed by atoms with van der Waals surface area (Å²) >= 11 is 5.62. The zero-order valence-electron chi connectivity index (χ0n) is 9.40. The molecule has 0 unspecified atom stereocenters. The summed E-state index contributed by atoms with van der Waals surface area (Å²) in [5, 5.41) is 8.73. The van der Waals surface area contributed by atoms with Gasteiger partial charge in [0.1, 0.15) is 29.5 Å². The topological polar surface area (TPSA) is 58.8 Å². The van der Waals surface area contributed by atoms with Crippen LogP contribution in [0.2, 0.25) is 5.15 Å². The summed E-state index contributed by atoms with van der Waals surface area (Å²) in [6.07, 6.45) is 1.38. The third-order valence-electron chi connectivity index (χ3n) is 2.21. The van der Waals surface area contributed by atoms with Gasteiger partial charge in [0.2, 0.25) is 0 Å². The van der Waals surface area contributed by atoms with Crippen molar-refractivity contribution in [1.29, 1.82) is 5.26 Å². The molecule has 0 bridgehead atoms. The van der Waals surface area contributed by atoms with E-state index in [4.69, 9.17) is 21.6 Å². The largest absolute Gasteiger partial charge is 0.458 e.